The van der Waals surface area contributed by atoms with E-state index < -0.39 is 5.97 Å². The molecule has 0 bridgehead atoms. The maximum absolute atomic E-state index is 11.6. The Balaban J connectivity index is -0.000000767. The van der Waals surface area contributed by atoms with Gasteiger partial charge >= 0.3 is 11.9 Å². The molecule has 0 aromatic heterocycles. The second-order valence-electron chi connectivity index (χ2n) is 15.9. The van der Waals surface area contributed by atoms with Crippen LogP contribution in [0.2, 0.25) is 0 Å². The highest BCUT2D eigenvalue weighted by atomic mass is 16.6. The van der Waals surface area contributed by atoms with Crippen molar-refractivity contribution >= 4 is 11.9 Å². The molecule has 6 heteroatoms. The highest BCUT2D eigenvalue weighted by Gasteiger charge is 2.15. The minimum absolute atomic E-state index is 0.0443. The van der Waals surface area contributed by atoms with Gasteiger partial charge < -0.3 is 19.8 Å². The highest BCUT2D eigenvalue weighted by molar-refractivity contribution is 5.69. The summed E-state index contributed by atoms with van der Waals surface area (Å²) >= 11 is 0. The number of carbonyl (C=O) groups excluding carboxylic acids is 1. The predicted molar refractivity (Wildman–Crippen MR) is 218 cm³/mol. The molecule has 0 aliphatic rings. The fourth-order valence-electron chi connectivity index (χ4n) is 5.88. The lowest BCUT2D eigenvalue weighted by Crippen LogP contribution is -2.23. The van der Waals surface area contributed by atoms with E-state index in [2.05, 4.69) is 13.8 Å². The Labute approximate surface area is 313 Å². The van der Waals surface area contributed by atoms with Gasteiger partial charge in [-0.15, -0.1) is 0 Å². The molecule has 0 saturated heterocycles. The van der Waals surface area contributed by atoms with Crippen LogP contribution in [0, 0.1) is 0 Å². The fourth-order valence-corrected chi connectivity index (χ4v) is 5.88. The third-order valence-electron chi connectivity index (χ3n) is 8.95. The number of esters is 1. The van der Waals surface area contributed by atoms with Crippen molar-refractivity contribution in [3.05, 3.63) is 0 Å². The Morgan fingerprint density at radius 2 is 0.740 bits per heavy atom. The number of unbranched alkanes of at least 4 members (excludes halogenated alkanes) is 28. The molecule has 0 radical (unpaired) electrons. The van der Waals surface area contributed by atoms with Crippen LogP contribution in [-0.2, 0) is 14.3 Å². The summed E-state index contributed by atoms with van der Waals surface area (Å²) in [6.45, 7) is 11.4. The molecule has 0 aromatic rings. The lowest BCUT2D eigenvalue weighted by molar-refractivity contribution is -0.155. The van der Waals surface area contributed by atoms with Crippen LogP contribution < -0.4 is 0 Å². The van der Waals surface area contributed by atoms with Crippen molar-refractivity contribution in [3.8, 4) is 0 Å². The van der Waals surface area contributed by atoms with Gasteiger partial charge in [0.2, 0.25) is 0 Å². The van der Waals surface area contributed by atoms with E-state index in [9.17, 15) is 9.59 Å². The Kier molecular flexibility index (Phi) is 46.9. The lowest BCUT2D eigenvalue weighted by Gasteiger charge is -2.19. The maximum atomic E-state index is 11.6. The third kappa shape index (κ3) is 59.0. The molecule has 0 saturated carbocycles. The topological polar surface area (TPSA) is 87.1 Å². The molecule has 0 fully saturated rings. The van der Waals surface area contributed by atoms with Gasteiger partial charge in [0.1, 0.15) is 5.60 Å². The van der Waals surface area contributed by atoms with Crippen LogP contribution in [0.25, 0.3) is 0 Å². The number of nitrogens with zero attached hydrogens (tertiary/aromatic N) is 1. The summed E-state index contributed by atoms with van der Waals surface area (Å²) in [4.78, 5) is 23.8. The average molecular weight is 714 g/mol. The number of aliphatic hydroxyl groups excluding tert-OH is 1. The van der Waals surface area contributed by atoms with E-state index in [1.165, 1.54) is 167 Å². The molecule has 0 rings (SSSR count). The van der Waals surface area contributed by atoms with E-state index in [4.69, 9.17) is 14.9 Å². The summed E-state index contributed by atoms with van der Waals surface area (Å²) in [7, 11) is 3.85. The number of likely N-dealkylation sites (N-methyl/N-ethyl adjacent to an activating group) is 1. The molecule has 6 nitrogen and oxygen atoms in total. The number of hydrogen-bond acceptors (Lipinski definition) is 5. The quantitative estimate of drug-likeness (QED) is 0.0510. The van der Waals surface area contributed by atoms with E-state index in [1.54, 1.807) is 0 Å². The van der Waals surface area contributed by atoms with Gasteiger partial charge in [0.25, 0.3) is 0 Å². The lowest BCUT2D eigenvalue weighted by atomic mass is 10.0. The predicted octanol–water partition coefficient (Wildman–Crippen LogP) is 13.5. The zero-order chi connectivity index (χ0) is 38.0. The van der Waals surface area contributed by atoms with Crippen molar-refractivity contribution in [1.82, 2.24) is 4.90 Å². The Bertz CT molecular complexity index is 661. The van der Waals surface area contributed by atoms with E-state index in [1.807, 2.05) is 39.8 Å². The summed E-state index contributed by atoms with van der Waals surface area (Å²) in [5.41, 5.74) is -0.341. The van der Waals surface area contributed by atoms with Gasteiger partial charge in [0.15, 0.2) is 0 Å². The van der Waals surface area contributed by atoms with Gasteiger partial charge in [-0.1, -0.05) is 194 Å². The molecule has 0 amide bonds. The van der Waals surface area contributed by atoms with E-state index >= 15 is 0 Å². The molecular weight excluding hydrogens is 622 g/mol. The SMILES string of the molecule is CCCCCCCCCCCCCCCCCC(=O)O.CCCCCCCCCCCCCCCCCC(=O)OC(C)(C)C.CN(C)CCO. The molecule has 0 aromatic carbocycles. The van der Waals surface area contributed by atoms with Gasteiger partial charge in [-0.05, 0) is 47.7 Å². The first-order valence-electron chi connectivity index (χ1n) is 21.7. The normalized spacial score (nSPS) is 11.1. The Hall–Kier alpha value is -1.14. The highest BCUT2D eigenvalue weighted by Crippen LogP contribution is 2.16. The van der Waals surface area contributed by atoms with Crippen LogP contribution in [0.4, 0.5) is 0 Å². The zero-order valence-corrected chi connectivity index (χ0v) is 35.1. The fraction of sp³-hybridized carbons (Fsp3) is 0.955. The summed E-state index contributed by atoms with van der Waals surface area (Å²) in [6, 6.07) is 0. The van der Waals surface area contributed by atoms with Crippen molar-refractivity contribution < 1.29 is 24.5 Å². The molecule has 0 unspecified atom stereocenters. The summed E-state index contributed by atoms with van der Waals surface area (Å²) in [5, 5.41) is 16.7. The molecule has 302 valence electrons. The van der Waals surface area contributed by atoms with Crippen LogP contribution >= 0.6 is 0 Å². The number of hydrogen-bond donors (Lipinski definition) is 2. The molecule has 2 N–H and O–H groups in total. The van der Waals surface area contributed by atoms with E-state index in [0.29, 0.717) is 12.8 Å². The molecule has 0 aliphatic heterocycles. The first-order valence-corrected chi connectivity index (χ1v) is 21.7. The average Bonchev–Trinajstić information content (AvgIpc) is 3.04. The molecule has 0 heterocycles. The van der Waals surface area contributed by atoms with Crippen molar-refractivity contribution in [2.75, 3.05) is 27.2 Å². The van der Waals surface area contributed by atoms with Crippen molar-refractivity contribution in [2.24, 2.45) is 0 Å². The Morgan fingerprint density at radius 3 is 0.940 bits per heavy atom. The number of carbonyl (C=O) groups is 2. The number of aliphatic hydroxyl groups is 1. The third-order valence-corrected chi connectivity index (χ3v) is 8.95. The molecule has 0 atom stereocenters. The van der Waals surface area contributed by atoms with E-state index in [-0.39, 0.29) is 18.2 Å². The largest absolute Gasteiger partial charge is 0.481 e. The van der Waals surface area contributed by atoms with Crippen LogP contribution in [0.1, 0.15) is 240 Å². The number of aliphatic carboxylic acids is 1. The monoisotopic (exact) mass is 714 g/mol. The van der Waals surface area contributed by atoms with Crippen LogP contribution in [0.15, 0.2) is 0 Å². The van der Waals surface area contributed by atoms with Gasteiger partial charge in [-0.3, -0.25) is 9.59 Å². The second kappa shape index (κ2) is 44.0. The summed E-state index contributed by atoms with van der Waals surface area (Å²) in [5.74, 6) is -0.697. The number of rotatable bonds is 34. The zero-order valence-electron chi connectivity index (χ0n) is 35.1. The smallest absolute Gasteiger partial charge is 0.306 e. The van der Waals surface area contributed by atoms with Gasteiger partial charge in [0, 0.05) is 19.4 Å². The Morgan fingerprint density at radius 1 is 0.480 bits per heavy atom. The maximum Gasteiger partial charge on any atom is 0.306 e. The summed E-state index contributed by atoms with van der Waals surface area (Å²) in [6.07, 6.45) is 41.0. The second-order valence-corrected chi connectivity index (χ2v) is 15.9. The standard InChI is InChI=1S/C22H44O2.C18H36O2.C4H11NO/c1-5-6-7-8-9-10-11-12-13-14-15-16-17-18-19-20-21(23)24-22(2,3)4;1-2-3-4-5-6-7-8-9-10-11-12-13-14-15-16-17-18(19)20;1-5(2)3-4-6/h5-20H2,1-4H3;2-17H2,1H3,(H,19,20);6H,3-4H2,1-2H3. The molecular formula is C44H91NO5. The van der Waals surface area contributed by atoms with Crippen molar-refractivity contribution in [2.45, 2.75) is 246 Å². The van der Waals surface area contributed by atoms with E-state index in [0.717, 1.165) is 32.2 Å². The first kappa shape index (κ1) is 53.2. The number of carboxylic acids is 1. The van der Waals surface area contributed by atoms with Crippen molar-refractivity contribution in [3.63, 3.8) is 0 Å². The minimum Gasteiger partial charge on any atom is -0.481 e. The molecule has 0 spiro atoms. The minimum atomic E-state index is -0.653. The van der Waals surface area contributed by atoms with Gasteiger partial charge in [-0.25, -0.2) is 0 Å². The van der Waals surface area contributed by atoms with Gasteiger partial charge in [-0.2, -0.15) is 0 Å². The number of carboxylic acid groups (broad SMARTS) is 1. The number of ether oxygens (including phenoxy) is 1. The first-order chi connectivity index (χ1) is 24.0. The van der Waals surface area contributed by atoms with Gasteiger partial charge in [0.05, 0.1) is 6.61 Å². The van der Waals surface area contributed by atoms with Crippen molar-refractivity contribution in [1.29, 1.82) is 0 Å². The van der Waals surface area contributed by atoms with Crippen LogP contribution in [0.5, 0.6) is 0 Å². The summed E-state index contributed by atoms with van der Waals surface area (Å²) < 4.78 is 5.32. The van der Waals surface area contributed by atoms with Crippen LogP contribution in [0.3, 0.4) is 0 Å². The molecule has 0 aliphatic carbocycles. The van der Waals surface area contributed by atoms with Crippen LogP contribution in [-0.4, -0.2) is 59.9 Å². The molecule has 50 heavy (non-hydrogen) atoms.